The fourth-order valence-electron chi connectivity index (χ4n) is 2.53. The second-order valence-corrected chi connectivity index (χ2v) is 5.52. The summed E-state index contributed by atoms with van der Waals surface area (Å²) in [6, 6.07) is 0. The SMILES string of the molecule is C/C=C(/N)C/C=C\CNc1c(/C(=C/CC)CC)nc2cnccn12. The van der Waals surface area contributed by atoms with Crippen LogP contribution in [0.2, 0.25) is 0 Å². The van der Waals surface area contributed by atoms with E-state index in [9.17, 15) is 0 Å². The molecule has 0 amide bonds. The van der Waals surface area contributed by atoms with Gasteiger partial charge in [-0.05, 0) is 25.3 Å². The zero-order chi connectivity index (χ0) is 17.4. The molecule has 3 N–H and O–H groups in total. The molecule has 0 aromatic carbocycles. The molecule has 24 heavy (non-hydrogen) atoms. The normalized spacial score (nSPS) is 13.1. The number of nitrogens with zero attached hydrogens (tertiary/aromatic N) is 3. The summed E-state index contributed by atoms with van der Waals surface area (Å²) in [7, 11) is 0. The average molecular weight is 325 g/mol. The molecule has 2 heterocycles. The van der Waals surface area contributed by atoms with Crippen LogP contribution in [0, 0.1) is 0 Å². The molecular formula is C19H27N5. The Morgan fingerprint density at radius 3 is 2.88 bits per heavy atom. The summed E-state index contributed by atoms with van der Waals surface area (Å²) in [5.41, 5.74) is 9.80. The summed E-state index contributed by atoms with van der Waals surface area (Å²) >= 11 is 0. The molecule has 0 aliphatic carbocycles. The van der Waals surface area contributed by atoms with Crippen LogP contribution >= 0.6 is 0 Å². The van der Waals surface area contributed by atoms with Crippen LogP contribution in [0.5, 0.6) is 0 Å². The fourth-order valence-corrected chi connectivity index (χ4v) is 2.53. The maximum atomic E-state index is 5.80. The molecule has 5 heteroatoms. The number of aromatic nitrogens is 3. The molecule has 2 aromatic heterocycles. The molecule has 0 bridgehead atoms. The zero-order valence-electron chi connectivity index (χ0n) is 14.8. The van der Waals surface area contributed by atoms with Gasteiger partial charge in [-0.1, -0.05) is 38.2 Å². The molecule has 0 unspecified atom stereocenters. The number of nitrogens with two attached hydrogens (primary N) is 1. The molecule has 0 spiro atoms. The molecule has 0 saturated carbocycles. The third-order valence-electron chi connectivity index (χ3n) is 3.84. The Hall–Kier alpha value is -2.56. The lowest BCUT2D eigenvalue weighted by Gasteiger charge is -2.08. The first kappa shape index (κ1) is 17.8. The van der Waals surface area contributed by atoms with Crippen molar-refractivity contribution in [1.29, 1.82) is 0 Å². The van der Waals surface area contributed by atoms with Crippen molar-refractivity contribution >= 4 is 17.0 Å². The Morgan fingerprint density at radius 1 is 1.33 bits per heavy atom. The van der Waals surface area contributed by atoms with Gasteiger partial charge in [0, 0.05) is 31.1 Å². The van der Waals surface area contributed by atoms with Crippen LogP contribution in [0.25, 0.3) is 11.2 Å². The minimum absolute atomic E-state index is 0.725. The van der Waals surface area contributed by atoms with E-state index in [1.807, 2.05) is 19.2 Å². The van der Waals surface area contributed by atoms with Gasteiger partial charge in [0.2, 0.25) is 0 Å². The van der Waals surface area contributed by atoms with Gasteiger partial charge in [-0.25, -0.2) is 4.98 Å². The molecular weight excluding hydrogens is 298 g/mol. The average Bonchev–Trinajstić information content (AvgIpc) is 2.97. The van der Waals surface area contributed by atoms with Crippen molar-refractivity contribution in [2.45, 2.75) is 40.0 Å². The lowest BCUT2D eigenvalue weighted by atomic mass is 10.1. The first-order chi connectivity index (χ1) is 11.7. The quantitative estimate of drug-likeness (QED) is 0.715. The van der Waals surface area contributed by atoms with Crippen molar-refractivity contribution in [3.8, 4) is 0 Å². The minimum atomic E-state index is 0.725. The Bertz CT molecular complexity index is 752. The van der Waals surface area contributed by atoms with E-state index in [1.165, 1.54) is 5.57 Å². The van der Waals surface area contributed by atoms with Crippen molar-refractivity contribution in [1.82, 2.24) is 14.4 Å². The standard InChI is InChI=1S/C19H27N5/c1-4-9-15(5-2)18-19(22-11-8-7-10-16(20)6-3)24-13-12-21-14-17(24)23-18/h6-9,12-14,22H,4-5,10-11,20H2,1-3H3/b8-7-,15-9+,16-6+. The lowest BCUT2D eigenvalue weighted by Crippen LogP contribution is -2.04. The number of rotatable bonds is 8. The Morgan fingerprint density at radius 2 is 2.17 bits per heavy atom. The highest BCUT2D eigenvalue weighted by Gasteiger charge is 2.14. The highest BCUT2D eigenvalue weighted by atomic mass is 15.1. The van der Waals surface area contributed by atoms with Gasteiger partial charge in [-0.3, -0.25) is 9.38 Å². The number of hydrogen-bond donors (Lipinski definition) is 2. The number of imidazole rings is 1. The van der Waals surface area contributed by atoms with Gasteiger partial charge in [0.05, 0.1) is 6.20 Å². The molecule has 0 aliphatic heterocycles. The van der Waals surface area contributed by atoms with E-state index in [4.69, 9.17) is 10.7 Å². The topological polar surface area (TPSA) is 68.2 Å². The van der Waals surface area contributed by atoms with Gasteiger partial charge in [0.1, 0.15) is 11.5 Å². The third-order valence-corrected chi connectivity index (χ3v) is 3.84. The van der Waals surface area contributed by atoms with E-state index >= 15 is 0 Å². The summed E-state index contributed by atoms with van der Waals surface area (Å²) in [5.74, 6) is 1.01. The Labute approximate surface area is 144 Å². The Balaban J connectivity index is 2.25. The number of nitrogens with one attached hydrogen (secondary N) is 1. The van der Waals surface area contributed by atoms with E-state index in [2.05, 4.69) is 46.8 Å². The molecule has 2 aromatic rings. The van der Waals surface area contributed by atoms with Crippen molar-refractivity contribution in [3.05, 3.63) is 54.3 Å². The number of allylic oxidation sites excluding steroid dienone is 4. The summed E-state index contributed by atoms with van der Waals surface area (Å²) < 4.78 is 2.05. The van der Waals surface area contributed by atoms with Crippen molar-refractivity contribution < 1.29 is 0 Å². The van der Waals surface area contributed by atoms with Crippen LogP contribution in [-0.4, -0.2) is 20.9 Å². The lowest BCUT2D eigenvalue weighted by molar-refractivity contribution is 1.10. The highest BCUT2D eigenvalue weighted by Crippen LogP contribution is 2.27. The molecule has 0 atom stereocenters. The minimum Gasteiger partial charge on any atom is -0.402 e. The monoisotopic (exact) mass is 325 g/mol. The molecule has 128 valence electrons. The summed E-state index contributed by atoms with van der Waals surface area (Å²) in [5, 5.41) is 3.49. The van der Waals surface area contributed by atoms with Crippen LogP contribution in [-0.2, 0) is 0 Å². The van der Waals surface area contributed by atoms with Crippen molar-refractivity contribution in [3.63, 3.8) is 0 Å². The number of anilines is 1. The smallest absolute Gasteiger partial charge is 0.157 e. The van der Waals surface area contributed by atoms with Crippen LogP contribution in [0.1, 0.15) is 45.7 Å². The van der Waals surface area contributed by atoms with E-state index < -0.39 is 0 Å². The molecule has 2 rings (SSSR count). The molecule has 0 fully saturated rings. The maximum absolute atomic E-state index is 5.80. The first-order valence-electron chi connectivity index (χ1n) is 8.52. The van der Waals surface area contributed by atoms with Gasteiger partial charge < -0.3 is 11.1 Å². The van der Waals surface area contributed by atoms with Crippen LogP contribution in [0.3, 0.4) is 0 Å². The van der Waals surface area contributed by atoms with Crippen molar-refractivity contribution in [2.24, 2.45) is 5.73 Å². The Kier molecular flexibility index (Phi) is 6.61. The van der Waals surface area contributed by atoms with Gasteiger partial charge >= 0.3 is 0 Å². The molecule has 0 aliphatic rings. The van der Waals surface area contributed by atoms with Crippen LogP contribution < -0.4 is 11.1 Å². The predicted octanol–water partition coefficient (Wildman–Crippen LogP) is 4.15. The zero-order valence-corrected chi connectivity index (χ0v) is 14.8. The number of fused-ring (bicyclic) bond motifs is 1. The van der Waals surface area contributed by atoms with Crippen LogP contribution in [0.4, 0.5) is 5.82 Å². The summed E-state index contributed by atoms with van der Waals surface area (Å²) in [4.78, 5) is 8.93. The van der Waals surface area contributed by atoms with Gasteiger partial charge in [-0.15, -0.1) is 0 Å². The number of hydrogen-bond acceptors (Lipinski definition) is 4. The maximum Gasteiger partial charge on any atom is 0.157 e. The van der Waals surface area contributed by atoms with Gasteiger partial charge in [0.25, 0.3) is 0 Å². The molecule has 0 radical (unpaired) electrons. The van der Waals surface area contributed by atoms with Gasteiger partial charge in [0.15, 0.2) is 5.65 Å². The van der Waals surface area contributed by atoms with Crippen LogP contribution in [0.15, 0.2) is 48.6 Å². The van der Waals surface area contributed by atoms with E-state index in [0.717, 1.165) is 48.7 Å². The highest BCUT2D eigenvalue weighted by molar-refractivity contribution is 5.75. The largest absolute Gasteiger partial charge is 0.402 e. The fraction of sp³-hybridized carbons (Fsp3) is 0.368. The van der Waals surface area contributed by atoms with Gasteiger partial charge in [-0.2, -0.15) is 0 Å². The predicted molar refractivity (Wildman–Crippen MR) is 102 cm³/mol. The van der Waals surface area contributed by atoms with E-state index in [0.29, 0.717) is 0 Å². The van der Waals surface area contributed by atoms with E-state index in [1.54, 1.807) is 12.4 Å². The van der Waals surface area contributed by atoms with Crippen molar-refractivity contribution in [2.75, 3.05) is 11.9 Å². The third kappa shape index (κ3) is 4.25. The first-order valence-corrected chi connectivity index (χ1v) is 8.52. The molecule has 0 saturated heterocycles. The van der Waals surface area contributed by atoms with E-state index in [-0.39, 0.29) is 0 Å². The summed E-state index contributed by atoms with van der Waals surface area (Å²) in [6.07, 6.45) is 16.6. The summed E-state index contributed by atoms with van der Waals surface area (Å²) in [6.45, 7) is 6.98. The second-order valence-electron chi connectivity index (χ2n) is 5.52. The second kappa shape index (κ2) is 8.91. The molecule has 5 nitrogen and oxygen atoms in total.